The Balaban J connectivity index is 0.000000165. The molecule has 101 heavy (non-hydrogen) atoms. The van der Waals surface area contributed by atoms with E-state index in [0.717, 1.165) is 95.6 Å². The molecule has 0 aliphatic carbocycles. The minimum atomic E-state index is -1.51. The number of piperidine rings is 4. The fourth-order valence-electron chi connectivity index (χ4n) is 12.0. The van der Waals surface area contributed by atoms with Gasteiger partial charge >= 0.3 is 47.3 Å². The largest absolute Gasteiger partial charge is 0.474 e. The highest BCUT2D eigenvalue weighted by atomic mass is 16.4. The van der Waals surface area contributed by atoms with Crippen LogP contribution in [0.5, 0.6) is 0 Å². The van der Waals surface area contributed by atoms with Crippen LogP contribution in [0.3, 0.4) is 0 Å². The number of aryl methyl sites for hydroxylation is 5. The van der Waals surface area contributed by atoms with Gasteiger partial charge in [-0.3, -0.25) is 58.9 Å². The van der Waals surface area contributed by atoms with Gasteiger partial charge in [0.05, 0.1) is 90.4 Å². The van der Waals surface area contributed by atoms with Crippen LogP contribution >= 0.6 is 0 Å². The topological polar surface area (TPSA) is 471 Å². The number of nitrogens with two attached hydrogens (primary N) is 3. The van der Waals surface area contributed by atoms with E-state index in [1.165, 1.54) is 43.2 Å². The monoisotopic (exact) mass is 1390 g/mol. The number of hydrogen-bond acceptors (Lipinski definition) is 20. The zero-order valence-electron chi connectivity index (χ0n) is 58.2. The van der Waals surface area contributed by atoms with Gasteiger partial charge in [-0.1, -0.05) is 27.7 Å². The number of carbonyl (C=O) groups is 8. The van der Waals surface area contributed by atoms with Crippen LogP contribution in [-0.2, 0) is 38.4 Å². The maximum atomic E-state index is 12.7. The quantitative estimate of drug-likeness (QED) is 0.0675. The second-order valence-electron chi connectivity index (χ2n) is 26.3. The zero-order valence-corrected chi connectivity index (χ0v) is 58.2. The van der Waals surface area contributed by atoms with Gasteiger partial charge in [-0.25, -0.2) is 19.7 Å². The van der Waals surface area contributed by atoms with E-state index in [0.29, 0.717) is 83.6 Å². The van der Waals surface area contributed by atoms with Crippen LogP contribution in [0.15, 0.2) is 98.6 Å². The Kier molecular flexibility index (Phi) is 26.4. The van der Waals surface area contributed by atoms with Crippen LogP contribution in [0.1, 0.15) is 153 Å². The van der Waals surface area contributed by atoms with E-state index in [-0.39, 0.29) is 18.1 Å². The molecule has 12 rings (SSSR count). The average Bonchev–Trinajstić information content (AvgIpc) is 1.69. The highest BCUT2D eigenvalue weighted by molar-refractivity contribution is 6.41. The Morgan fingerprint density at radius 3 is 1.00 bits per heavy atom. The number of likely N-dealkylation sites (tertiary alicyclic amines) is 3. The predicted octanol–water partition coefficient (Wildman–Crippen LogP) is 7.09. The molecule has 7 amide bonds. The van der Waals surface area contributed by atoms with Crippen molar-refractivity contribution in [3.05, 3.63) is 149 Å². The third-order valence-electron chi connectivity index (χ3n) is 18.0. The number of aliphatic carboxylic acids is 1. The maximum absolute atomic E-state index is 12.7. The number of nitrogen functional groups attached to an aromatic ring is 3. The molecule has 536 valence electrons. The number of carboxylic acids is 1. The fourth-order valence-corrected chi connectivity index (χ4v) is 12.0. The molecule has 12 heterocycles. The minimum Gasteiger partial charge on any atom is -0.474 e. The Morgan fingerprint density at radius 2 is 0.713 bits per heavy atom. The van der Waals surface area contributed by atoms with E-state index in [1.54, 1.807) is 96.9 Å². The molecular weight excluding hydrogens is 1290 g/mol. The molecule has 4 fully saturated rings. The van der Waals surface area contributed by atoms with E-state index >= 15 is 0 Å². The lowest BCUT2D eigenvalue weighted by Crippen LogP contribution is -2.46. The summed E-state index contributed by atoms with van der Waals surface area (Å²) < 4.78 is 0. The van der Waals surface area contributed by atoms with Crippen molar-refractivity contribution in [2.75, 3.05) is 64.6 Å². The van der Waals surface area contributed by atoms with Crippen molar-refractivity contribution in [1.82, 2.24) is 80.7 Å². The molecule has 0 spiro atoms. The number of pyridine rings is 4. The summed E-state index contributed by atoms with van der Waals surface area (Å²) in [4.78, 5) is 117. The van der Waals surface area contributed by atoms with Gasteiger partial charge in [0, 0.05) is 78.4 Å². The number of carboxylic acid groups (broad SMARTS) is 1. The third kappa shape index (κ3) is 21.0. The summed E-state index contributed by atoms with van der Waals surface area (Å²) in [6.45, 7) is 20.3. The van der Waals surface area contributed by atoms with Gasteiger partial charge in [0.1, 0.15) is 17.5 Å². The molecule has 16 N–H and O–H groups in total. The Morgan fingerprint density at radius 1 is 0.406 bits per heavy atom. The number of nitrogens with one attached hydrogen (secondary N) is 9. The van der Waals surface area contributed by atoms with Gasteiger partial charge in [0.25, 0.3) is 0 Å². The highest BCUT2D eigenvalue weighted by Crippen LogP contribution is 2.36. The van der Waals surface area contributed by atoms with E-state index < -0.39 is 47.3 Å². The van der Waals surface area contributed by atoms with Crippen molar-refractivity contribution >= 4 is 87.5 Å². The molecule has 8 aromatic rings. The van der Waals surface area contributed by atoms with Crippen molar-refractivity contribution in [2.24, 2.45) is 23.7 Å². The number of amides is 7. The van der Waals surface area contributed by atoms with E-state index in [2.05, 4.69) is 115 Å². The first kappa shape index (κ1) is 75.3. The van der Waals surface area contributed by atoms with Crippen molar-refractivity contribution in [3.8, 4) is 0 Å². The first-order valence-corrected chi connectivity index (χ1v) is 33.4. The van der Waals surface area contributed by atoms with E-state index in [9.17, 15) is 38.4 Å². The lowest BCUT2D eigenvalue weighted by molar-refractivity contribution is -0.147. The Labute approximate surface area is 584 Å². The van der Waals surface area contributed by atoms with Crippen molar-refractivity contribution in [2.45, 2.75) is 138 Å². The van der Waals surface area contributed by atoms with Gasteiger partial charge in [-0.2, -0.15) is 20.4 Å². The molecule has 4 aliphatic heterocycles. The lowest BCUT2D eigenvalue weighted by Gasteiger charge is -2.37. The number of nitrogens with zero attached hydrogens (tertiary/aromatic N) is 11. The van der Waals surface area contributed by atoms with Gasteiger partial charge in [-0.15, -0.1) is 0 Å². The Bertz CT molecular complexity index is 3790. The second-order valence-corrected chi connectivity index (χ2v) is 26.3. The van der Waals surface area contributed by atoms with Crippen LogP contribution in [-0.4, -0.2) is 154 Å². The van der Waals surface area contributed by atoms with E-state index in [1.807, 2.05) is 26.2 Å². The van der Waals surface area contributed by atoms with Crippen molar-refractivity contribution in [3.63, 3.8) is 0 Å². The number of hydrogen-bond donors (Lipinski definition) is 13. The summed E-state index contributed by atoms with van der Waals surface area (Å²) in [7, 11) is 0. The van der Waals surface area contributed by atoms with Crippen LogP contribution < -0.4 is 43.8 Å². The summed E-state index contributed by atoms with van der Waals surface area (Å²) in [5, 5.41) is 48.9. The minimum absolute atomic E-state index is 0.139. The average molecular weight is 1390 g/mol. The van der Waals surface area contributed by atoms with E-state index in [4.69, 9.17) is 22.3 Å². The second kappa shape index (κ2) is 35.4. The molecule has 32 nitrogen and oxygen atoms in total. The smallest absolute Gasteiger partial charge is 0.394 e. The number of anilines is 7. The van der Waals surface area contributed by atoms with Crippen LogP contribution in [0.4, 0.5) is 40.2 Å². The molecule has 4 aliphatic rings. The van der Waals surface area contributed by atoms with Crippen LogP contribution in [0, 0.1) is 58.3 Å². The molecule has 8 atom stereocenters. The van der Waals surface area contributed by atoms with Crippen molar-refractivity contribution < 1.29 is 43.5 Å². The highest BCUT2D eigenvalue weighted by Gasteiger charge is 2.38. The number of H-pyrrole nitrogens is 4. The number of aromatic amines is 4. The summed E-state index contributed by atoms with van der Waals surface area (Å²) in [5.41, 5.74) is 26.8. The lowest BCUT2D eigenvalue weighted by atomic mass is 9.91. The molecule has 0 bridgehead atoms. The SMILES string of the molecule is C[C@@H]1CC[C@@H](c2cn[nH]c2)NC1.Cc1cc(NC(=O)C(=O)N2C[C@@H](C)CC[C@@H]2c2cn[nH]c2)cnc1N.Cc1cc(NC(=O)C(=O)N2C[C@H](C)CC[C@H]2c2cn[nH]c2)cnc1N.Cc1cc(NC(=O)C(=O)N2C[C@H](C)CC[C@H]2c2cn[nH]c2)cnc1N.Cc1cc(NC(=O)C(=O)O)cnc1C. The van der Waals surface area contributed by atoms with Gasteiger partial charge < -0.3 is 63.6 Å². The standard InChI is InChI=1S/3C17H22N6O2.C9H15N3.C9H10N2O3/c3*1-10-3-4-14(12-6-20-21-7-12)23(9-10)17(25)16(24)22-13-5-11(2)15(18)19-8-13;1-7-2-3-9(10-4-7)8-5-11-12-6-8;1-5-3-7(4-10-6(5)2)11-8(12)9(13)14/h3*5-8,10,14H,3-4,9H2,1-2H3,(H2,18,19)(H,20,21)(H,22,24);5-7,9-10H,2-4H2,1H3,(H,11,12);3-4H,1-2H3,(H,11,12)(H,13,14)/t3*10-,14+;7-,9+;/m1101./s1. The van der Waals surface area contributed by atoms with Gasteiger partial charge in [0.15, 0.2) is 0 Å². The first-order chi connectivity index (χ1) is 48.2. The molecule has 0 radical (unpaired) electrons. The Hall–Kier alpha value is -11.4. The summed E-state index contributed by atoms with van der Waals surface area (Å²) >= 11 is 0. The summed E-state index contributed by atoms with van der Waals surface area (Å²) in [6, 6.07) is 6.86. The number of rotatable bonds is 8. The fraction of sp³-hybridized carbons (Fsp3) is 0.420. The zero-order chi connectivity index (χ0) is 73.0. The molecule has 0 unspecified atom stereocenters. The summed E-state index contributed by atoms with van der Waals surface area (Å²) in [5.74, 6) is -3.17. The molecule has 0 saturated carbocycles. The number of carbonyl (C=O) groups excluding carboxylic acids is 7. The van der Waals surface area contributed by atoms with Gasteiger partial charge in [-0.05, 0) is 163 Å². The van der Waals surface area contributed by atoms with Crippen LogP contribution in [0.25, 0.3) is 0 Å². The molecule has 4 saturated heterocycles. The molecule has 0 aromatic carbocycles. The molecular formula is C69H91N23O9. The van der Waals surface area contributed by atoms with Gasteiger partial charge in [0.2, 0.25) is 0 Å². The third-order valence-corrected chi connectivity index (χ3v) is 18.0. The van der Waals surface area contributed by atoms with Crippen LogP contribution in [0.2, 0.25) is 0 Å². The molecule has 8 aromatic heterocycles. The summed E-state index contributed by atoms with van der Waals surface area (Å²) in [6.07, 6.45) is 28.0. The molecule has 32 heteroatoms. The maximum Gasteiger partial charge on any atom is 0.394 e. The first-order valence-electron chi connectivity index (χ1n) is 33.4. The number of aromatic nitrogens is 12. The normalized spacial score (nSPS) is 20.0. The predicted molar refractivity (Wildman–Crippen MR) is 378 cm³/mol. The van der Waals surface area contributed by atoms with Crippen molar-refractivity contribution in [1.29, 1.82) is 0 Å².